The van der Waals surface area contributed by atoms with Gasteiger partial charge in [0.2, 0.25) is 0 Å². The first kappa shape index (κ1) is 13.0. The van der Waals surface area contributed by atoms with Crippen molar-refractivity contribution in [2.75, 3.05) is 6.54 Å². The van der Waals surface area contributed by atoms with E-state index in [0.29, 0.717) is 5.76 Å². The Morgan fingerprint density at radius 2 is 2.29 bits per heavy atom. The molecule has 21 heavy (non-hydrogen) atoms. The number of rotatable bonds is 4. The standard InChI is InChI=1S/C11H12N6O4/c18-7(16-12-4-6-2-1-3-21-6)5-17-9-8(14-11(17)20)13-10(19)15-9/h1-4,8-9H,5H2,(H,14,20)(H,16,18)(H2,13,15,19)/b12-4+. The molecule has 3 heterocycles. The van der Waals surface area contributed by atoms with E-state index in [0.717, 1.165) is 0 Å². The lowest BCUT2D eigenvalue weighted by Crippen LogP contribution is -2.47. The van der Waals surface area contributed by atoms with E-state index in [1.807, 2.05) is 0 Å². The lowest BCUT2D eigenvalue weighted by molar-refractivity contribution is -0.121. The first-order valence-electron chi connectivity index (χ1n) is 6.13. The van der Waals surface area contributed by atoms with Gasteiger partial charge in [-0.25, -0.2) is 15.0 Å². The van der Waals surface area contributed by atoms with Crippen LogP contribution >= 0.6 is 0 Å². The van der Waals surface area contributed by atoms with Gasteiger partial charge in [0, 0.05) is 0 Å². The minimum Gasteiger partial charge on any atom is -0.463 e. The maximum Gasteiger partial charge on any atom is 0.321 e. The van der Waals surface area contributed by atoms with Crippen molar-refractivity contribution in [3.63, 3.8) is 0 Å². The lowest BCUT2D eigenvalue weighted by atomic mass is 10.4. The van der Waals surface area contributed by atoms with Crippen LogP contribution in [0.15, 0.2) is 27.9 Å². The zero-order chi connectivity index (χ0) is 14.8. The molecule has 2 aliphatic rings. The summed E-state index contributed by atoms with van der Waals surface area (Å²) in [5.41, 5.74) is 2.28. The highest BCUT2D eigenvalue weighted by Gasteiger charge is 2.45. The van der Waals surface area contributed by atoms with E-state index in [1.54, 1.807) is 12.1 Å². The normalized spacial score (nSPS) is 23.7. The van der Waals surface area contributed by atoms with Crippen molar-refractivity contribution in [2.45, 2.75) is 12.3 Å². The molecule has 0 spiro atoms. The zero-order valence-corrected chi connectivity index (χ0v) is 10.7. The van der Waals surface area contributed by atoms with Gasteiger partial charge in [-0.3, -0.25) is 9.69 Å². The molecule has 1 aromatic rings. The predicted molar refractivity (Wildman–Crippen MR) is 68.9 cm³/mol. The van der Waals surface area contributed by atoms with Crippen molar-refractivity contribution in [3.05, 3.63) is 24.2 Å². The lowest BCUT2D eigenvalue weighted by Gasteiger charge is -2.19. The van der Waals surface area contributed by atoms with Crippen molar-refractivity contribution >= 4 is 24.2 Å². The Hall–Kier alpha value is -3.04. The number of amides is 5. The summed E-state index contributed by atoms with van der Waals surface area (Å²) >= 11 is 0. The van der Waals surface area contributed by atoms with Gasteiger partial charge in [-0.15, -0.1) is 0 Å². The number of carbonyl (C=O) groups is 3. The van der Waals surface area contributed by atoms with E-state index in [9.17, 15) is 14.4 Å². The fourth-order valence-electron chi connectivity index (χ4n) is 2.09. The van der Waals surface area contributed by atoms with Crippen molar-refractivity contribution in [2.24, 2.45) is 5.10 Å². The molecule has 110 valence electrons. The number of nitrogens with one attached hydrogen (secondary N) is 4. The summed E-state index contributed by atoms with van der Waals surface area (Å²) in [6, 6.07) is 2.52. The average Bonchev–Trinajstić information content (AvgIpc) is 3.10. The molecule has 5 amide bonds. The molecule has 2 atom stereocenters. The van der Waals surface area contributed by atoms with Crippen LogP contribution in [0.1, 0.15) is 5.76 Å². The minimum atomic E-state index is -0.593. The second-order valence-electron chi connectivity index (χ2n) is 4.43. The number of hydrogen-bond donors (Lipinski definition) is 4. The number of nitrogens with zero attached hydrogens (tertiary/aromatic N) is 2. The molecule has 2 unspecified atom stereocenters. The van der Waals surface area contributed by atoms with Gasteiger partial charge in [0.15, 0.2) is 0 Å². The second-order valence-corrected chi connectivity index (χ2v) is 4.43. The molecule has 3 rings (SSSR count). The quantitative estimate of drug-likeness (QED) is 0.407. The third-order valence-electron chi connectivity index (χ3n) is 3.00. The van der Waals surface area contributed by atoms with Crippen LogP contribution in [0, 0.1) is 0 Å². The summed E-state index contributed by atoms with van der Waals surface area (Å²) in [5, 5.41) is 11.3. The molecule has 10 heteroatoms. The Labute approximate surface area is 118 Å². The van der Waals surface area contributed by atoms with Crippen molar-refractivity contribution in [3.8, 4) is 0 Å². The van der Waals surface area contributed by atoms with Crippen LogP contribution < -0.4 is 21.4 Å². The van der Waals surface area contributed by atoms with Gasteiger partial charge in [0.25, 0.3) is 5.91 Å². The van der Waals surface area contributed by atoms with Crippen LogP contribution in [-0.4, -0.2) is 48.0 Å². The highest BCUT2D eigenvalue weighted by atomic mass is 16.3. The molecule has 0 aromatic carbocycles. The molecule has 10 nitrogen and oxygen atoms in total. The van der Waals surface area contributed by atoms with Crippen LogP contribution in [0.2, 0.25) is 0 Å². The fourth-order valence-corrected chi connectivity index (χ4v) is 2.09. The summed E-state index contributed by atoms with van der Waals surface area (Å²) in [4.78, 5) is 35.8. The number of urea groups is 2. The average molecular weight is 292 g/mol. The van der Waals surface area contributed by atoms with Crippen LogP contribution in [0.25, 0.3) is 0 Å². The Morgan fingerprint density at radius 1 is 1.43 bits per heavy atom. The molecule has 0 radical (unpaired) electrons. The van der Waals surface area contributed by atoms with E-state index in [4.69, 9.17) is 4.42 Å². The van der Waals surface area contributed by atoms with Gasteiger partial charge in [-0.05, 0) is 12.1 Å². The third kappa shape index (κ3) is 2.63. The Kier molecular flexibility index (Phi) is 3.18. The number of hydrazone groups is 1. The Bertz CT molecular complexity index is 598. The van der Waals surface area contributed by atoms with E-state index in [2.05, 4.69) is 26.5 Å². The minimum absolute atomic E-state index is 0.232. The number of fused-ring (bicyclic) bond motifs is 1. The molecule has 2 fully saturated rings. The third-order valence-corrected chi connectivity index (χ3v) is 3.00. The van der Waals surface area contributed by atoms with Crippen molar-refractivity contribution < 1.29 is 18.8 Å². The molecule has 1 aromatic heterocycles. The predicted octanol–water partition coefficient (Wildman–Crippen LogP) is -1.28. The molecular weight excluding hydrogens is 280 g/mol. The first-order valence-corrected chi connectivity index (χ1v) is 6.13. The fraction of sp³-hybridized carbons (Fsp3) is 0.273. The van der Waals surface area contributed by atoms with Crippen molar-refractivity contribution in [1.82, 2.24) is 26.3 Å². The number of carbonyl (C=O) groups excluding carboxylic acids is 3. The summed E-state index contributed by atoms with van der Waals surface area (Å²) in [5.74, 6) is -0.00343. The topological polar surface area (TPSA) is 128 Å². The van der Waals surface area contributed by atoms with Gasteiger partial charge in [-0.1, -0.05) is 0 Å². The zero-order valence-electron chi connectivity index (χ0n) is 10.7. The summed E-state index contributed by atoms with van der Waals surface area (Å²) in [7, 11) is 0. The molecule has 0 bridgehead atoms. The molecule has 0 saturated carbocycles. The SMILES string of the molecule is O=C(CN1C(=O)NC2NC(=O)NC21)N/N=C/c1ccco1. The second kappa shape index (κ2) is 5.15. The maximum atomic E-state index is 11.7. The Morgan fingerprint density at radius 3 is 3.05 bits per heavy atom. The maximum absolute atomic E-state index is 11.7. The highest BCUT2D eigenvalue weighted by Crippen LogP contribution is 2.13. The van der Waals surface area contributed by atoms with Crippen molar-refractivity contribution in [1.29, 1.82) is 0 Å². The molecular formula is C11H12N6O4. The first-order chi connectivity index (χ1) is 10.1. The summed E-state index contributed by atoms with van der Waals surface area (Å²) in [6.45, 7) is -0.232. The molecule has 4 N–H and O–H groups in total. The van der Waals surface area contributed by atoms with E-state index in [-0.39, 0.29) is 6.54 Å². The molecule has 2 aliphatic heterocycles. The molecule has 2 saturated heterocycles. The summed E-state index contributed by atoms with van der Waals surface area (Å²) < 4.78 is 5.00. The van der Waals surface area contributed by atoms with Crippen LogP contribution in [0.5, 0.6) is 0 Å². The van der Waals surface area contributed by atoms with Gasteiger partial charge >= 0.3 is 12.1 Å². The number of hydrogen-bond acceptors (Lipinski definition) is 5. The largest absolute Gasteiger partial charge is 0.463 e. The van der Waals surface area contributed by atoms with E-state index in [1.165, 1.54) is 17.4 Å². The van der Waals surface area contributed by atoms with Crippen LogP contribution in [-0.2, 0) is 4.79 Å². The van der Waals surface area contributed by atoms with Gasteiger partial charge in [0.1, 0.15) is 24.6 Å². The van der Waals surface area contributed by atoms with Crippen LogP contribution in [0.3, 0.4) is 0 Å². The smallest absolute Gasteiger partial charge is 0.321 e. The van der Waals surface area contributed by atoms with E-state index >= 15 is 0 Å². The number of furan rings is 1. The van der Waals surface area contributed by atoms with Crippen LogP contribution in [0.4, 0.5) is 9.59 Å². The van der Waals surface area contributed by atoms with Gasteiger partial charge in [-0.2, -0.15) is 5.10 Å². The monoisotopic (exact) mass is 292 g/mol. The summed E-state index contributed by atoms with van der Waals surface area (Å²) in [6.07, 6.45) is 1.69. The van der Waals surface area contributed by atoms with E-state index < -0.39 is 30.3 Å². The van der Waals surface area contributed by atoms with Gasteiger partial charge < -0.3 is 20.4 Å². The Balaban J connectivity index is 1.54. The van der Waals surface area contributed by atoms with Gasteiger partial charge in [0.05, 0.1) is 12.5 Å². The molecule has 0 aliphatic carbocycles. The highest BCUT2D eigenvalue weighted by molar-refractivity contribution is 5.89.